The van der Waals surface area contributed by atoms with E-state index >= 15 is 0 Å². The maximum atomic E-state index is 14.5. The van der Waals surface area contributed by atoms with Crippen molar-refractivity contribution in [3.8, 4) is 5.75 Å². The second-order valence-corrected chi connectivity index (χ2v) is 5.78. The number of ether oxygens (including phenoxy) is 1. The van der Waals surface area contributed by atoms with E-state index in [0.29, 0.717) is 6.42 Å². The molecule has 1 aliphatic carbocycles. The van der Waals surface area contributed by atoms with Crippen LogP contribution >= 0.6 is 0 Å². The Morgan fingerprint density at radius 3 is 2.52 bits per heavy atom. The molecule has 0 aliphatic heterocycles. The maximum Gasteiger partial charge on any atom is 0.573 e. The molecular formula is C15H17F4NO3. The predicted octanol–water partition coefficient (Wildman–Crippen LogP) is 2.64. The van der Waals surface area contributed by atoms with Gasteiger partial charge in [-0.25, -0.2) is 4.39 Å². The first kappa shape index (κ1) is 17.7. The zero-order valence-electron chi connectivity index (χ0n) is 12.6. The normalized spacial score (nSPS) is 28.7. The fraction of sp³-hybridized carbons (Fsp3) is 0.533. The second-order valence-electron chi connectivity index (χ2n) is 5.78. The van der Waals surface area contributed by atoms with Crippen molar-refractivity contribution in [2.45, 2.75) is 43.7 Å². The number of Topliss-reactive ketones (excluding diaryl/α,β-unsaturated/α-hetero) is 1. The third-order valence-corrected chi connectivity index (χ3v) is 4.17. The van der Waals surface area contributed by atoms with Crippen LogP contribution in [0.1, 0.15) is 31.7 Å². The first-order valence-electron chi connectivity index (χ1n) is 7.04. The van der Waals surface area contributed by atoms with Gasteiger partial charge in [-0.1, -0.05) is 12.1 Å². The van der Waals surface area contributed by atoms with E-state index < -0.39 is 34.9 Å². The van der Waals surface area contributed by atoms with Gasteiger partial charge in [0.25, 0.3) is 0 Å². The van der Waals surface area contributed by atoms with E-state index in [-0.39, 0.29) is 18.4 Å². The lowest BCUT2D eigenvalue weighted by atomic mass is 9.69. The van der Waals surface area contributed by atoms with Crippen LogP contribution in [0.5, 0.6) is 5.75 Å². The predicted molar refractivity (Wildman–Crippen MR) is 73.3 cm³/mol. The Morgan fingerprint density at radius 1 is 1.30 bits per heavy atom. The van der Waals surface area contributed by atoms with Crippen molar-refractivity contribution in [2.75, 3.05) is 7.05 Å². The minimum Gasteiger partial charge on any atom is -0.403 e. The van der Waals surface area contributed by atoms with Crippen LogP contribution in [0.25, 0.3) is 0 Å². The number of aliphatic hydroxyl groups is 1. The monoisotopic (exact) mass is 335 g/mol. The van der Waals surface area contributed by atoms with E-state index in [0.717, 1.165) is 6.07 Å². The van der Waals surface area contributed by atoms with Gasteiger partial charge < -0.3 is 15.2 Å². The van der Waals surface area contributed by atoms with Gasteiger partial charge in [0, 0.05) is 5.56 Å². The Bertz CT molecular complexity index is 615. The molecule has 4 nitrogen and oxygen atoms in total. The highest BCUT2D eigenvalue weighted by molar-refractivity contribution is 5.97. The molecule has 1 aromatic rings. The van der Waals surface area contributed by atoms with E-state index in [1.807, 2.05) is 0 Å². The minimum atomic E-state index is -5.05. The lowest BCUT2D eigenvalue weighted by molar-refractivity contribution is -0.275. The van der Waals surface area contributed by atoms with Crippen LogP contribution in [0.2, 0.25) is 0 Å². The molecule has 1 aliphatic rings. The van der Waals surface area contributed by atoms with Gasteiger partial charge in [-0.15, -0.1) is 13.2 Å². The average molecular weight is 335 g/mol. The van der Waals surface area contributed by atoms with E-state index in [2.05, 4.69) is 10.1 Å². The second kappa shape index (κ2) is 5.76. The summed E-state index contributed by atoms with van der Waals surface area (Å²) in [6, 6.07) is 3.23. The lowest BCUT2D eigenvalue weighted by Gasteiger charge is -2.42. The molecule has 2 unspecified atom stereocenters. The van der Waals surface area contributed by atoms with Gasteiger partial charge in [-0.05, 0) is 39.3 Å². The molecule has 2 rings (SSSR count). The Hall–Kier alpha value is -1.67. The molecule has 0 spiro atoms. The lowest BCUT2D eigenvalue weighted by Crippen LogP contribution is -2.59. The molecule has 2 atom stereocenters. The van der Waals surface area contributed by atoms with Crippen LogP contribution in [0, 0.1) is 5.82 Å². The zero-order chi connectivity index (χ0) is 17.5. The van der Waals surface area contributed by atoms with Crippen molar-refractivity contribution in [3.05, 3.63) is 29.6 Å². The summed E-state index contributed by atoms with van der Waals surface area (Å²) in [6.07, 6.45) is -4.28. The number of alkyl halides is 3. The topological polar surface area (TPSA) is 58.6 Å². The number of hydrogen-bond donors (Lipinski definition) is 2. The Labute approximate surface area is 130 Å². The van der Waals surface area contributed by atoms with E-state index in [1.54, 1.807) is 0 Å². The highest BCUT2D eigenvalue weighted by Gasteiger charge is 2.52. The molecule has 1 saturated carbocycles. The summed E-state index contributed by atoms with van der Waals surface area (Å²) in [5, 5.41) is 12.9. The molecule has 0 bridgehead atoms. The molecule has 23 heavy (non-hydrogen) atoms. The standard InChI is InChI=1S/C15H17F4NO3/c1-13(22)7-4-8-14(20-2,12(13)21)9-5-3-6-10(11(9)16)23-15(17,18)19/h3,5-6,20,22H,4,7-8H2,1-2H3. The van der Waals surface area contributed by atoms with Crippen LogP contribution in [0.15, 0.2) is 18.2 Å². The summed E-state index contributed by atoms with van der Waals surface area (Å²) >= 11 is 0. The van der Waals surface area contributed by atoms with Gasteiger partial charge in [0.2, 0.25) is 0 Å². The molecular weight excluding hydrogens is 318 g/mol. The number of rotatable bonds is 3. The fourth-order valence-corrected chi connectivity index (χ4v) is 3.06. The van der Waals surface area contributed by atoms with Gasteiger partial charge in [0.1, 0.15) is 11.1 Å². The highest BCUT2D eigenvalue weighted by atomic mass is 19.4. The molecule has 2 N–H and O–H groups in total. The van der Waals surface area contributed by atoms with Gasteiger partial charge in [0.15, 0.2) is 17.3 Å². The first-order valence-corrected chi connectivity index (χ1v) is 7.04. The number of halogens is 4. The minimum absolute atomic E-state index is 0.158. The van der Waals surface area contributed by atoms with E-state index in [9.17, 15) is 27.5 Å². The van der Waals surface area contributed by atoms with E-state index in [1.165, 1.54) is 26.1 Å². The molecule has 0 aromatic heterocycles. The highest BCUT2D eigenvalue weighted by Crippen LogP contribution is 2.41. The number of nitrogens with one attached hydrogen (secondary N) is 1. The average Bonchev–Trinajstić information content (AvgIpc) is 2.43. The quantitative estimate of drug-likeness (QED) is 0.834. The number of likely N-dealkylation sites (N-methyl/N-ethyl adjacent to an activating group) is 1. The Balaban J connectivity index is 2.55. The number of hydrogen-bond acceptors (Lipinski definition) is 4. The zero-order valence-corrected chi connectivity index (χ0v) is 12.6. The van der Waals surface area contributed by atoms with Crippen LogP contribution in [-0.4, -0.2) is 29.9 Å². The van der Waals surface area contributed by atoms with Crippen molar-refractivity contribution in [1.29, 1.82) is 0 Å². The smallest absolute Gasteiger partial charge is 0.403 e. The Kier molecular flexibility index (Phi) is 4.42. The summed E-state index contributed by atoms with van der Waals surface area (Å²) in [5.41, 5.74) is -3.56. The van der Waals surface area contributed by atoms with Crippen molar-refractivity contribution in [2.24, 2.45) is 0 Å². The number of carbonyl (C=O) groups excluding carboxylic acids is 1. The molecule has 0 amide bonds. The summed E-state index contributed by atoms with van der Waals surface area (Å²) in [7, 11) is 1.40. The third-order valence-electron chi connectivity index (χ3n) is 4.17. The first-order chi connectivity index (χ1) is 10.5. The summed E-state index contributed by atoms with van der Waals surface area (Å²) in [5.74, 6) is -2.96. The van der Waals surface area contributed by atoms with Crippen molar-refractivity contribution in [1.82, 2.24) is 5.32 Å². The number of benzene rings is 1. The fourth-order valence-electron chi connectivity index (χ4n) is 3.06. The van der Waals surface area contributed by atoms with Gasteiger partial charge in [-0.3, -0.25) is 4.79 Å². The molecule has 0 radical (unpaired) electrons. The van der Waals surface area contributed by atoms with Crippen molar-refractivity contribution < 1.29 is 32.2 Å². The summed E-state index contributed by atoms with van der Waals surface area (Å²) in [6.45, 7) is 1.31. The molecule has 1 aromatic carbocycles. The molecule has 8 heteroatoms. The SMILES string of the molecule is CNC1(c2cccc(OC(F)(F)F)c2F)CCCC(C)(O)C1=O. The summed E-state index contributed by atoms with van der Waals surface area (Å²) < 4.78 is 55.3. The molecule has 0 heterocycles. The summed E-state index contributed by atoms with van der Waals surface area (Å²) in [4.78, 5) is 12.6. The largest absolute Gasteiger partial charge is 0.573 e. The number of carbonyl (C=O) groups is 1. The van der Waals surface area contributed by atoms with Gasteiger partial charge >= 0.3 is 6.36 Å². The van der Waals surface area contributed by atoms with Crippen LogP contribution in [-0.2, 0) is 10.3 Å². The van der Waals surface area contributed by atoms with Gasteiger partial charge in [0.05, 0.1) is 0 Å². The van der Waals surface area contributed by atoms with E-state index in [4.69, 9.17) is 0 Å². The van der Waals surface area contributed by atoms with Crippen LogP contribution in [0.3, 0.4) is 0 Å². The van der Waals surface area contributed by atoms with Crippen LogP contribution < -0.4 is 10.1 Å². The van der Waals surface area contributed by atoms with Gasteiger partial charge in [-0.2, -0.15) is 0 Å². The third kappa shape index (κ3) is 3.18. The van der Waals surface area contributed by atoms with Crippen molar-refractivity contribution in [3.63, 3.8) is 0 Å². The maximum absolute atomic E-state index is 14.5. The molecule has 1 fully saturated rings. The molecule has 0 saturated heterocycles. The van der Waals surface area contributed by atoms with Crippen LogP contribution in [0.4, 0.5) is 17.6 Å². The van der Waals surface area contributed by atoms with Crippen molar-refractivity contribution >= 4 is 5.78 Å². The molecule has 128 valence electrons. The number of ketones is 1. The Morgan fingerprint density at radius 2 is 1.96 bits per heavy atom.